The standard InChI is InChI=1S/C13H9Cl3N2O/c14-8-3-1-7(2-4-8)13(19)18-12-10(15)5-9(17)6-11(12)16/h1-6H,17H2,(H,18,19). The summed E-state index contributed by atoms with van der Waals surface area (Å²) in [5.41, 5.74) is 6.80. The summed E-state index contributed by atoms with van der Waals surface area (Å²) < 4.78 is 0. The van der Waals surface area contributed by atoms with Gasteiger partial charge in [0.15, 0.2) is 0 Å². The number of nitrogens with one attached hydrogen (secondary N) is 1. The number of nitrogens with two attached hydrogens (primary N) is 1. The molecule has 0 heterocycles. The van der Waals surface area contributed by atoms with Crippen LogP contribution >= 0.6 is 34.8 Å². The zero-order chi connectivity index (χ0) is 14.0. The number of hydrogen-bond acceptors (Lipinski definition) is 2. The van der Waals surface area contributed by atoms with E-state index in [0.29, 0.717) is 22.0 Å². The Kier molecular flexibility index (Phi) is 4.20. The number of rotatable bonds is 2. The monoisotopic (exact) mass is 314 g/mol. The second-order valence-corrected chi connectivity index (χ2v) is 5.07. The lowest BCUT2D eigenvalue weighted by molar-refractivity contribution is 0.102. The fourth-order valence-corrected chi connectivity index (χ4v) is 2.22. The van der Waals surface area contributed by atoms with Crippen molar-refractivity contribution in [1.29, 1.82) is 0 Å². The summed E-state index contributed by atoms with van der Waals surface area (Å²) in [6.45, 7) is 0. The summed E-state index contributed by atoms with van der Waals surface area (Å²) in [5.74, 6) is -0.328. The van der Waals surface area contributed by atoms with Crippen LogP contribution in [0.3, 0.4) is 0 Å². The van der Waals surface area contributed by atoms with Gasteiger partial charge in [0.25, 0.3) is 5.91 Å². The Morgan fingerprint density at radius 3 is 2.05 bits per heavy atom. The molecule has 0 fully saturated rings. The Bertz CT molecular complexity index is 603. The predicted octanol–water partition coefficient (Wildman–Crippen LogP) is 4.48. The molecule has 6 heteroatoms. The summed E-state index contributed by atoms with van der Waals surface area (Å²) in [7, 11) is 0. The maximum absolute atomic E-state index is 12.0. The second-order valence-electron chi connectivity index (χ2n) is 3.82. The maximum Gasteiger partial charge on any atom is 0.255 e. The van der Waals surface area contributed by atoms with Gasteiger partial charge in [-0.05, 0) is 36.4 Å². The average molecular weight is 316 g/mol. The number of hydrogen-bond donors (Lipinski definition) is 2. The van der Waals surface area contributed by atoms with Gasteiger partial charge < -0.3 is 11.1 Å². The number of nitrogen functional groups attached to an aromatic ring is 1. The van der Waals surface area contributed by atoms with E-state index in [-0.39, 0.29) is 16.0 Å². The first-order valence-corrected chi connectivity index (χ1v) is 6.42. The van der Waals surface area contributed by atoms with Crippen molar-refractivity contribution in [3.8, 4) is 0 Å². The molecule has 1 amide bonds. The number of amides is 1. The van der Waals surface area contributed by atoms with E-state index >= 15 is 0 Å². The fourth-order valence-electron chi connectivity index (χ4n) is 1.50. The highest BCUT2D eigenvalue weighted by Crippen LogP contribution is 2.33. The molecule has 3 N–H and O–H groups in total. The van der Waals surface area contributed by atoms with Gasteiger partial charge in [0.1, 0.15) is 0 Å². The van der Waals surface area contributed by atoms with Crippen molar-refractivity contribution in [3.63, 3.8) is 0 Å². The predicted molar refractivity (Wildman–Crippen MR) is 80.3 cm³/mol. The first-order valence-electron chi connectivity index (χ1n) is 5.29. The molecule has 0 aliphatic rings. The SMILES string of the molecule is Nc1cc(Cl)c(NC(=O)c2ccc(Cl)cc2)c(Cl)c1. The summed E-state index contributed by atoms with van der Waals surface area (Å²) >= 11 is 17.7. The molecule has 0 aliphatic heterocycles. The molecule has 0 saturated carbocycles. The molecule has 2 rings (SSSR count). The van der Waals surface area contributed by atoms with Crippen LogP contribution < -0.4 is 11.1 Å². The number of benzene rings is 2. The molecular formula is C13H9Cl3N2O. The van der Waals surface area contributed by atoms with Gasteiger partial charge in [0.05, 0.1) is 15.7 Å². The van der Waals surface area contributed by atoms with Crippen LogP contribution in [0.2, 0.25) is 15.1 Å². The molecule has 0 unspecified atom stereocenters. The van der Waals surface area contributed by atoms with E-state index in [1.54, 1.807) is 24.3 Å². The van der Waals surface area contributed by atoms with Gasteiger partial charge in [-0.1, -0.05) is 34.8 Å². The third-order valence-corrected chi connectivity index (χ3v) is 3.26. The summed E-state index contributed by atoms with van der Waals surface area (Å²) in [6.07, 6.45) is 0. The van der Waals surface area contributed by atoms with Gasteiger partial charge >= 0.3 is 0 Å². The van der Waals surface area contributed by atoms with Crippen LogP contribution in [0, 0.1) is 0 Å². The number of halogens is 3. The molecule has 0 spiro atoms. The largest absolute Gasteiger partial charge is 0.399 e. The first-order chi connectivity index (χ1) is 8.97. The minimum atomic E-state index is -0.328. The van der Waals surface area contributed by atoms with Crippen molar-refractivity contribution in [3.05, 3.63) is 57.0 Å². The molecule has 0 aliphatic carbocycles. The van der Waals surface area contributed by atoms with Gasteiger partial charge in [0.2, 0.25) is 0 Å². The van der Waals surface area contributed by atoms with Crippen molar-refractivity contribution >= 4 is 52.1 Å². The molecule has 3 nitrogen and oxygen atoms in total. The molecule has 98 valence electrons. The van der Waals surface area contributed by atoms with E-state index in [2.05, 4.69) is 5.32 Å². The minimum Gasteiger partial charge on any atom is -0.399 e. The highest BCUT2D eigenvalue weighted by molar-refractivity contribution is 6.40. The number of carbonyl (C=O) groups excluding carboxylic acids is 1. The molecule has 0 atom stereocenters. The first kappa shape index (κ1) is 14.0. The van der Waals surface area contributed by atoms with Crippen LogP contribution in [0.1, 0.15) is 10.4 Å². The minimum absolute atomic E-state index is 0.285. The molecule has 0 aromatic heterocycles. The van der Waals surface area contributed by atoms with Crippen LogP contribution in [0.25, 0.3) is 0 Å². The Morgan fingerprint density at radius 2 is 1.53 bits per heavy atom. The molecule has 0 saturated heterocycles. The quantitative estimate of drug-likeness (QED) is 0.803. The van der Waals surface area contributed by atoms with Crippen LogP contribution in [0.4, 0.5) is 11.4 Å². The van der Waals surface area contributed by atoms with Crippen LogP contribution in [-0.4, -0.2) is 5.91 Å². The Hall–Kier alpha value is -1.42. The molecule has 2 aromatic carbocycles. The van der Waals surface area contributed by atoms with Crippen LogP contribution in [-0.2, 0) is 0 Å². The zero-order valence-corrected chi connectivity index (χ0v) is 11.9. The Labute approximate surface area is 125 Å². The zero-order valence-electron chi connectivity index (χ0n) is 9.58. The maximum atomic E-state index is 12.0. The van der Waals surface area contributed by atoms with Crippen molar-refractivity contribution in [1.82, 2.24) is 0 Å². The van der Waals surface area contributed by atoms with E-state index < -0.39 is 0 Å². The van der Waals surface area contributed by atoms with E-state index in [1.165, 1.54) is 12.1 Å². The molecule has 0 bridgehead atoms. The van der Waals surface area contributed by atoms with Gasteiger partial charge in [-0.3, -0.25) is 4.79 Å². The van der Waals surface area contributed by atoms with Crippen molar-refractivity contribution in [2.24, 2.45) is 0 Å². The summed E-state index contributed by atoms with van der Waals surface area (Å²) in [4.78, 5) is 12.0. The third-order valence-electron chi connectivity index (χ3n) is 2.41. The molecule has 0 radical (unpaired) electrons. The van der Waals surface area contributed by atoms with Crippen molar-refractivity contribution < 1.29 is 4.79 Å². The van der Waals surface area contributed by atoms with Crippen molar-refractivity contribution in [2.45, 2.75) is 0 Å². The summed E-state index contributed by atoms with van der Waals surface area (Å²) in [5, 5.41) is 3.76. The van der Waals surface area contributed by atoms with Gasteiger partial charge in [-0.15, -0.1) is 0 Å². The number of anilines is 2. The van der Waals surface area contributed by atoms with E-state index in [4.69, 9.17) is 40.5 Å². The molecule has 19 heavy (non-hydrogen) atoms. The normalized spacial score (nSPS) is 10.3. The second kappa shape index (κ2) is 5.70. The van der Waals surface area contributed by atoms with Crippen LogP contribution in [0.5, 0.6) is 0 Å². The topological polar surface area (TPSA) is 55.1 Å². The molecular weight excluding hydrogens is 307 g/mol. The average Bonchev–Trinajstić information content (AvgIpc) is 2.34. The number of carbonyl (C=O) groups is 1. The Morgan fingerprint density at radius 1 is 1.00 bits per heavy atom. The lowest BCUT2D eigenvalue weighted by Crippen LogP contribution is -2.12. The Balaban J connectivity index is 2.26. The van der Waals surface area contributed by atoms with Gasteiger partial charge in [-0.2, -0.15) is 0 Å². The highest BCUT2D eigenvalue weighted by atomic mass is 35.5. The third kappa shape index (κ3) is 3.32. The van der Waals surface area contributed by atoms with E-state index in [1.807, 2.05) is 0 Å². The lowest BCUT2D eigenvalue weighted by atomic mass is 10.2. The van der Waals surface area contributed by atoms with Crippen molar-refractivity contribution in [2.75, 3.05) is 11.1 Å². The van der Waals surface area contributed by atoms with Gasteiger partial charge in [0, 0.05) is 16.3 Å². The lowest BCUT2D eigenvalue weighted by Gasteiger charge is -2.10. The summed E-state index contributed by atoms with van der Waals surface area (Å²) in [6, 6.07) is 9.51. The molecule has 2 aromatic rings. The van der Waals surface area contributed by atoms with Crippen LogP contribution in [0.15, 0.2) is 36.4 Å². The highest BCUT2D eigenvalue weighted by Gasteiger charge is 2.12. The van der Waals surface area contributed by atoms with Gasteiger partial charge in [-0.25, -0.2) is 0 Å². The van der Waals surface area contributed by atoms with E-state index in [0.717, 1.165) is 0 Å². The van der Waals surface area contributed by atoms with E-state index in [9.17, 15) is 4.79 Å². The fraction of sp³-hybridized carbons (Fsp3) is 0. The smallest absolute Gasteiger partial charge is 0.255 e.